The minimum Gasteiger partial charge on any atom is -0.316 e. The maximum Gasteiger partial charge on any atom is 0.148 e. The van der Waals surface area contributed by atoms with Crippen LogP contribution in [0.4, 0.5) is 0 Å². The fraction of sp³-hybridized carbons (Fsp3) is 0.875. The lowest BCUT2D eigenvalue weighted by atomic mass is 10.1. The van der Waals surface area contributed by atoms with Gasteiger partial charge in [0, 0.05) is 0 Å². The topological polar surface area (TPSA) is 49.3 Å². The summed E-state index contributed by atoms with van der Waals surface area (Å²) in [6.45, 7) is 3.59. The van der Waals surface area contributed by atoms with Crippen LogP contribution in [0.5, 0.6) is 0 Å². The highest BCUT2D eigenvalue weighted by Gasteiger charge is 2.10. The lowest BCUT2D eigenvalue weighted by Crippen LogP contribution is -2.32. The number of rotatable bonds is 6. The summed E-state index contributed by atoms with van der Waals surface area (Å²) in [4.78, 5) is 10.7. The Bertz CT molecular complexity index is 115. The molecule has 0 radical (unpaired) electrons. The summed E-state index contributed by atoms with van der Waals surface area (Å²) in [6, 6.07) is -0.360. The van der Waals surface area contributed by atoms with Crippen LogP contribution >= 0.6 is 0 Å². The van der Waals surface area contributed by atoms with E-state index in [0.717, 1.165) is 25.7 Å². The second-order valence-corrected chi connectivity index (χ2v) is 2.79. The van der Waals surface area contributed by atoms with Crippen molar-refractivity contribution < 1.29 is 10.0 Å². The molecule has 0 aromatic rings. The van der Waals surface area contributed by atoms with E-state index >= 15 is 0 Å². The number of carbonyl (C=O) groups excluding carboxylic acids is 1. The average molecular weight is 159 g/mol. The Hall–Kier alpha value is -0.410. The van der Waals surface area contributed by atoms with Crippen LogP contribution in [-0.2, 0) is 4.79 Å². The van der Waals surface area contributed by atoms with Crippen LogP contribution in [0.2, 0.25) is 0 Å². The number of unbranched alkanes of at least 4 members (excludes halogenated alkanes) is 2. The van der Waals surface area contributed by atoms with Gasteiger partial charge in [0.1, 0.15) is 5.78 Å². The van der Waals surface area contributed by atoms with E-state index < -0.39 is 0 Å². The van der Waals surface area contributed by atoms with Gasteiger partial charge in [-0.3, -0.25) is 4.79 Å². The van der Waals surface area contributed by atoms with Crippen molar-refractivity contribution in [3.05, 3.63) is 0 Å². The van der Waals surface area contributed by atoms with Gasteiger partial charge in [0.15, 0.2) is 0 Å². The monoisotopic (exact) mass is 159 g/mol. The quantitative estimate of drug-likeness (QED) is 0.456. The maximum atomic E-state index is 10.7. The highest BCUT2D eigenvalue weighted by atomic mass is 16.5. The van der Waals surface area contributed by atoms with E-state index in [4.69, 9.17) is 5.21 Å². The number of Topliss-reactive ketones (excluding diaryl/α,β-unsaturated/α-hetero) is 1. The Labute approximate surface area is 67.8 Å². The molecule has 0 aliphatic heterocycles. The molecular weight excluding hydrogens is 142 g/mol. The van der Waals surface area contributed by atoms with Gasteiger partial charge in [-0.2, -0.15) is 5.48 Å². The van der Waals surface area contributed by atoms with Gasteiger partial charge < -0.3 is 5.21 Å². The van der Waals surface area contributed by atoms with Gasteiger partial charge in [0.2, 0.25) is 0 Å². The molecule has 0 fully saturated rings. The van der Waals surface area contributed by atoms with Gasteiger partial charge in [0.25, 0.3) is 0 Å². The van der Waals surface area contributed by atoms with Crippen molar-refractivity contribution in [2.45, 2.75) is 45.6 Å². The molecule has 0 saturated heterocycles. The molecule has 0 aromatic carbocycles. The van der Waals surface area contributed by atoms with Crippen molar-refractivity contribution in [3.63, 3.8) is 0 Å². The largest absolute Gasteiger partial charge is 0.316 e. The normalized spacial score (nSPS) is 13.0. The third-order valence-electron chi connectivity index (χ3n) is 1.74. The second kappa shape index (κ2) is 6.31. The molecule has 11 heavy (non-hydrogen) atoms. The van der Waals surface area contributed by atoms with Crippen LogP contribution in [0.15, 0.2) is 0 Å². The van der Waals surface area contributed by atoms with Crippen molar-refractivity contribution in [1.29, 1.82) is 0 Å². The summed E-state index contributed by atoms with van der Waals surface area (Å²) in [5, 5.41) is 8.52. The molecule has 1 atom stereocenters. The van der Waals surface area contributed by atoms with E-state index in [2.05, 4.69) is 6.92 Å². The molecule has 3 nitrogen and oxygen atoms in total. The highest BCUT2D eigenvalue weighted by molar-refractivity contribution is 5.81. The minimum atomic E-state index is -0.360. The fourth-order valence-electron chi connectivity index (χ4n) is 0.957. The van der Waals surface area contributed by atoms with Crippen LogP contribution in [0, 0.1) is 0 Å². The fourth-order valence-corrected chi connectivity index (χ4v) is 0.957. The van der Waals surface area contributed by atoms with Crippen molar-refractivity contribution in [2.75, 3.05) is 0 Å². The molecule has 66 valence electrons. The number of nitrogens with one attached hydrogen (secondary N) is 1. The van der Waals surface area contributed by atoms with Crippen LogP contribution in [0.25, 0.3) is 0 Å². The van der Waals surface area contributed by atoms with Gasteiger partial charge in [0.05, 0.1) is 6.04 Å². The van der Waals surface area contributed by atoms with Crippen molar-refractivity contribution in [1.82, 2.24) is 5.48 Å². The van der Waals surface area contributed by atoms with Crippen molar-refractivity contribution >= 4 is 5.78 Å². The van der Waals surface area contributed by atoms with Crippen LogP contribution in [0.1, 0.15) is 39.5 Å². The first-order chi connectivity index (χ1) is 5.22. The molecule has 0 rings (SSSR count). The molecule has 2 N–H and O–H groups in total. The Morgan fingerprint density at radius 3 is 2.55 bits per heavy atom. The zero-order chi connectivity index (χ0) is 8.69. The van der Waals surface area contributed by atoms with Gasteiger partial charge in [-0.25, -0.2) is 0 Å². The lowest BCUT2D eigenvalue weighted by Gasteiger charge is -2.09. The summed E-state index contributed by atoms with van der Waals surface area (Å²) in [7, 11) is 0. The van der Waals surface area contributed by atoms with E-state index in [1.165, 1.54) is 6.92 Å². The van der Waals surface area contributed by atoms with E-state index in [0.29, 0.717) is 0 Å². The zero-order valence-electron chi connectivity index (χ0n) is 7.26. The third-order valence-corrected chi connectivity index (χ3v) is 1.74. The molecular formula is C8H17NO2. The van der Waals surface area contributed by atoms with E-state index in [1.54, 1.807) is 0 Å². The summed E-state index contributed by atoms with van der Waals surface area (Å²) in [5.41, 5.74) is 2.01. The predicted octanol–water partition coefficient (Wildman–Crippen LogP) is 1.50. The summed E-state index contributed by atoms with van der Waals surface area (Å²) >= 11 is 0. The molecule has 0 amide bonds. The standard InChI is InChI=1S/C8H17NO2/c1-3-4-5-6-8(9-11)7(2)10/h8-9,11H,3-6H2,1-2H3/t8-/m0/s1. The number of ketones is 1. The number of hydroxylamine groups is 1. The molecule has 0 spiro atoms. The third kappa shape index (κ3) is 4.93. The molecule has 3 heteroatoms. The van der Waals surface area contributed by atoms with Gasteiger partial charge >= 0.3 is 0 Å². The summed E-state index contributed by atoms with van der Waals surface area (Å²) < 4.78 is 0. The van der Waals surface area contributed by atoms with Crippen molar-refractivity contribution in [3.8, 4) is 0 Å². The first kappa shape index (κ1) is 10.6. The Kier molecular flexibility index (Phi) is 6.07. The SMILES string of the molecule is CCCCC[C@H](NO)C(C)=O. The smallest absolute Gasteiger partial charge is 0.148 e. The zero-order valence-corrected chi connectivity index (χ0v) is 7.26. The van der Waals surface area contributed by atoms with Crippen LogP contribution in [-0.4, -0.2) is 17.0 Å². The average Bonchev–Trinajstić information content (AvgIpc) is 1.97. The van der Waals surface area contributed by atoms with E-state index in [9.17, 15) is 4.79 Å². The summed E-state index contributed by atoms with van der Waals surface area (Å²) in [6.07, 6.45) is 3.98. The second-order valence-electron chi connectivity index (χ2n) is 2.79. The maximum absolute atomic E-state index is 10.7. The predicted molar refractivity (Wildman–Crippen MR) is 43.5 cm³/mol. The number of hydrogen-bond acceptors (Lipinski definition) is 3. The molecule has 0 aliphatic rings. The number of hydrogen-bond donors (Lipinski definition) is 2. The van der Waals surface area contributed by atoms with Gasteiger partial charge in [-0.05, 0) is 13.3 Å². The highest BCUT2D eigenvalue weighted by Crippen LogP contribution is 2.03. The van der Waals surface area contributed by atoms with Crippen LogP contribution < -0.4 is 5.48 Å². The van der Waals surface area contributed by atoms with E-state index in [-0.39, 0.29) is 11.8 Å². The molecule has 0 unspecified atom stereocenters. The van der Waals surface area contributed by atoms with Crippen molar-refractivity contribution in [2.24, 2.45) is 0 Å². The Morgan fingerprint density at radius 2 is 2.18 bits per heavy atom. The van der Waals surface area contributed by atoms with Crippen LogP contribution in [0.3, 0.4) is 0 Å². The molecule has 0 aliphatic carbocycles. The Balaban J connectivity index is 3.44. The van der Waals surface area contributed by atoms with E-state index in [1.807, 2.05) is 5.48 Å². The first-order valence-corrected chi connectivity index (χ1v) is 4.12. The Morgan fingerprint density at radius 1 is 1.55 bits per heavy atom. The summed E-state index contributed by atoms with van der Waals surface area (Å²) in [5.74, 6) is 0.00334. The number of carbonyl (C=O) groups is 1. The minimum absolute atomic E-state index is 0.00334. The molecule has 0 aromatic heterocycles. The molecule has 0 saturated carbocycles. The molecule has 0 bridgehead atoms. The van der Waals surface area contributed by atoms with Gasteiger partial charge in [-0.15, -0.1) is 0 Å². The van der Waals surface area contributed by atoms with Gasteiger partial charge in [-0.1, -0.05) is 26.2 Å². The lowest BCUT2D eigenvalue weighted by molar-refractivity contribution is -0.121. The molecule has 0 heterocycles. The first-order valence-electron chi connectivity index (χ1n) is 4.12.